The lowest BCUT2D eigenvalue weighted by Gasteiger charge is -2.50. The topological polar surface area (TPSA) is 55.1 Å². The molecule has 3 heteroatoms. The van der Waals surface area contributed by atoms with Crippen LogP contribution in [0.4, 0.5) is 0 Å². The number of carbonyl (C=O) groups excluding carboxylic acids is 1. The molecule has 1 saturated carbocycles. The summed E-state index contributed by atoms with van der Waals surface area (Å²) in [5, 5.41) is 3.10. The van der Waals surface area contributed by atoms with Gasteiger partial charge in [-0.25, -0.2) is 0 Å². The molecule has 0 radical (unpaired) electrons. The van der Waals surface area contributed by atoms with Crippen molar-refractivity contribution in [3.63, 3.8) is 0 Å². The highest BCUT2D eigenvalue weighted by Crippen LogP contribution is 2.39. The number of rotatable bonds is 2. The molecule has 1 fully saturated rings. The number of nitrogens with one attached hydrogen (secondary N) is 1. The van der Waals surface area contributed by atoms with Crippen LogP contribution in [0.5, 0.6) is 0 Å². The van der Waals surface area contributed by atoms with Crippen molar-refractivity contribution in [1.82, 2.24) is 5.32 Å². The Labute approximate surface area is 109 Å². The molecule has 1 amide bonds. The highest BCUT2D eigenvalue weighted by molar-refractivity contribution is 5.96. The molecule has 3 nitrogen and oxygen atoms in total. The minimum absolute atomic E-state index is 0.00656. The predicted molar refractivity (Wildman–Crippen MR) is 73.5 cm³/mol. The fourth-order valence-corrected chi connectivity index (χ4v) is 2.44. The van der Waals surface area contributed by atoms with E-state index in [4.69, 9.17) is 5.73 Å². The third kappa shape index (κ3) is 2.03. The van der Waals surface area contributed by atoms with E-state index in [1.165, 1.54) is 0 Å². The summed E-state index contributed by atoms with van der Waals surface area (Å²) in [5.41, 5.74) is 8.92. The van der Waals surface area contributed by atoms with E-state index in [-0.39, 0.29) is 23.4 Å². The minimum atomic E-state index is -0.00656. The lowest BCUT2D eigenvalue weighted by Crippen LogP contribution is -2.64. The van der Waals surface area contributed by atoms with Gasteiger partial charge in [0.15, 0.2) is 0 Å². The van der Waals surface area contributed by atoms with Gasteiger partial charge in [-0.05, 0) is 37.5 Å². The van der Waals surface area contributed by atoms with Crippen molar-refractivity contribution in [2.45, 2.75) is 46.2 Å². The van der Waals surface area contributed by atoms with E-state index >= 15 is 0 Å². The van der Waals surface area contributed by atoms with Crippen molar-refractivity contribution in [2.24, 2.45) is 11.1 Å². The minimum Gasteiger partial charge on any atom is -0.349 e. The second kappa shape index (κ2) is 4.39. The Hall–Kier alpha value is -1.35. The van der Waals surface area contributed by atoms with Crippen LogP contribution in [-0.4, -0.2) is 18.0 Å². The monoisotopic (exact) mass is 246 g/mol. The van der Waals surface area contributed by atoms with Crippen molar-refractivity contribution in [2.75, 3.05) is 0 Å². The Morgan fingerprint density at radius 2 is 2.06 bits per heavy atom. The molecular weight excluding hydrogens is 224 g/mol. The molecule has 3 N–H and O–H groups in total. The highest BCUT2D eigenvalue weighted by Gasteiger charge is 2.46. The number of hydrogen-bond donors (Lipinski definition) is 2. The summed E-state index contributed by atoms with van der Waals surface area (Å²) >= 11 is 0. The Balaban J connectivity index is 2.12. The normalized spacial score (nSPS) is 25.4. The first-order valence-electron chi connectivity index (χ1n) is 6.46. The number of aryl methyl sites for hydroxylation is 1. The van der Waals surface area contributed by atoms with Crippen molar-refractivity contribution in [3.8, 4) is 0 Å². The second-order valence-corrected chi connectivity index (χ2v) is 5.94. The third-order valence-corrected chi connectivity index (χ3v) is 4.50. The molecule has 2 rings (SSSR count). The van der Waals surface area contributed by atoms with E-state index in [0.717, 1.165) is 23.1 Å². The maximum atomic E-state index is 12.3. The molecule has 18 heavy (non-hydrogen) atoms. The molecule has 0 saturated heterocycles. The summed E-state index contributed by atoms with van der Waals surface area (Å²) in [6, 6.07) is 6.19. The van der Waals surface area contributed by atoms with Gasteiger partial charge in [-0.2, -0.15) is 0 Å². The number of benzene rings is 1. The lowest BCUT2D eigenvalue weighted by atomic mass is 9.63. The van der Waals surface area contributed by atoms with Crippen LogP contribution in [0.2, 0.25) is 0 Å². The molecule has 0 spiro atoms. The predicted octanol–water partition coefficient (Wildman–Crippen LogP) is 2.16. The van der Waals surface area contributed by atoms with Crippen LogP contribution >= 0.6 is 0 Å². The first-order valence-corrected chi connectivity index (χ1v) is 6.46. The number of hydrogen-bond acceptors (Lipinski definition) is 2. The molecule has 1 aliphatic carbocycles. The summed E-state index contributed by atoms with van der Waals surface area (Å²) in [6.07, 6.45) is 0.865. The van der Waals surface area contributed by atoms with Gasteiger partial charge >= 0.3 is 0 Å². The molecule has 0 aromatic heterocycles. The molecule has 98 valence electrons. The van der Waals surface area contributed by atoms with Gasteiger partial charge in [-0.3, -0.25) is 4.79 Å². The van der Waals surface area contributed by atoms with Crippen molar-refractivity contribution in [1.29, 1.82) is 0 Å². The summed E-state index contributed by atoms with van der Waals surface area (Å²) in [4.78, 5) is 12.3. The van der Waals surface area contributed by atoms with Crippen LogP contribution < -0.4 is 11.1 Å². The molecule has 0 heterocycles. The van der Waals surface area contributed by atoms with E-state index in [0.29, 0.717) is 0 Å². The molecule has 2 atom stereocenters. The van der Waals surface area contributed by atoms with Crippen LogP contribution in [0.1, 0.15) is 41.8 Å². The van der Waals surface area contributed by atoms with E-state index < -0.39 is 0 Å². The van der Waals surface area contributed by atoms with Gasteiger partial charge in [0.2, 0.25) is 0 Å². The Morgan fingerprint density at radius 3 is 2.61 bits per heavy atom. The summed E-state index contributed by atoms with van der Waals surface area (Å²) < 4.78 is 0. The van der Waals surface area contributed by atoms with Gasteiger partial charge in [0.05, 0.1) is 0 Å². The van der Waals surface area contributed by atoms with Gasteiger partial charge in [0.25, 0.3) is 5.91 Å². The Kier molecular flexibility index (Phi) is 3.20. The summed E-state index contributed by atoms with van der Waals surface area (Å²) in [6.45, 7) is 8.22. The third-order valence-electron chi connectivity index (χ3n) is 4.50. The fourth-order valence-electron chi connectivity index (χ4n) is 2.44. The van der Waals surface area contributed by atoms with Gasteiger partial charge in [0.1, 0.15) is 0 Å². The summed E-state index contributed by atoms with van der Waals surface area (Å²) in [7, 11) is 0. The number of nitrogens with two attached hydrogens (primary N) is 1. The quantitative estimate of drug-likeness (QED) is 0.840. The molecule has 2 unspecified atom stereocenters. The smallest absolute Gasteiger partial charge is 0.251 e. The lowest BCUT2D eigenvalue weighted by molar-refractivity contribution is 0.0586. The zero-order chi connectivity index (χ0) is 13.5. The van der Waals surface area contributed by atoms with Crippen molar-refractivity contribution < 1.29 is 4.79 Å². The fraction of sp³-hybridized carbons (Fsp3) is 0.533. The average molecular weight is 246 g/mol. The molecular formula is C15H22N2O. The largest absolute Gasteiger partial charge is 0.349 e. The van der Waals surface area contributed by atoms with Crippen LogP contribution in [0.3, 0.4) is 0 Å². The van der Waals surface area contributed by atoms with E-state index in [2.05, 4.69) is 19.2 Å². The zero-order valence-electron chi connectivity index (χ0n) is 11.6. The first kappa shape index (κ1) is 13.1. The maximum absolute atomic E-state index is 12.3. The van der Waals surface area contributed by atoms with Crippen LogP contribution in [0, 0.1) is 19.3 Å². The standard InChI is InChI=1S/C15H22N2O/c1-9-6-5-7-11(10(9)2)14(18)17-13-8-12(16)15(13,3)4/h5-7,12-13H,8,16H2,1-4H3,(H,17,18). The van der Waals surface area contributed by atoms with Gasteiger partial charge in [-0.1, -0.05) is 26.0 Å². The maximum Gasteiger partial charge on any atom is 0.251 e. The van der Waals surface area contributed by atoms with Gasteiger partial charge in [-0.15, -0.1) is 0 Å². The highest BCUT2D eigenvalue weighted by atomic mass is 16.1. The van der Waals surface area contributed by atoms with Crippen LogP contribution in [0.25, 0.3) is 0 Å². The zero-order valence-corrected chi connectivity index (χ0v) is 11.6. The summed E-state index contributed by atoms with van der Waals surface area (Å²) in [5.74, 6) is 0.0150. The molecule has 0 aliphatic heterocycles. The van der Waals surface area contributed by atoms with Crippen molar-refractivity contribution >= 4 is 5.91 Å². The van der Waals surface area contributed by atoms with Crippen LogP contribution in [-0.2, 0) is 0 Å². The molecule has 1 aromatic carbocycles. The van der Waals surface area contributed by atoms with Crippen LogP contribution in [0.15, 0.2) is 18.2 Å². The van der Waals surface area contributed by atoms with E-state index in [1.54, 1.807) is 0 Å². The van der Waals surface area contributed by atoms with Gasteiger partial charge in [0, 0.05) is 23.1 Å². The molecule has 0 bridgehead atoms. The Bertz CT molecular complexity index is 479. The molecule has 1 aliphatic rings. The number of amides is 1. The van der Waals surface area contributed by atoms with E-state index in [1.807, 2.05) is 32.0 Å². The molecule has 1 aromatic rings. The van der Waals surface area contributed by atoms with Crippen molar-refractivity contribution in [3.05, 3.63) is 34.9 Å². The Morgan fingerprint density at radius 1 is 1.39 bits per heavy atom. The van der Waals surface area contributed by atoms with Gasteiger partial charge < -0.3 is 11.1 Å². The average Bonchev–Trinajstić information content (AvgIpc) is 2.32. The SMILES string of the molecule is Cc1cccc(C(=O)NC2CC(N)C2(C)C)c1C. The first-order chi connectivity index (χ1) is 8.34. The second-order valence-electron chi connectivity index (χ2n) is 5.94. The van der Waals surface area contributed by atoms with E-state index in [9.17, 15) is 4.79 Å². The number of carbonyl (C=O) groups is 1.